The first-order chi connectivity index (χ1) is 15.8. The zero-order valence-electron chi connectivity index (χ0n) is 19.0. The molecule has 1 unspecified atom stereocenters. The first kappa shape index (κ1) is 22.4. The van der Waals surface area contributed by atoms with Crippen LogP contribution in [0.4, 0.5) is 15.3 Å². The Morgan fingerprint density at radius 2 is 1.76 bits per heavy atom. The number of hydrogen-bond acceptors (Lipinski definition) is 4. The molecule has 0 spiro atoms. The maximum Gasteiger partial charge on any atom is 0.342 e. The van der Waals surface area contributed by atoms with Gasteiger partial charge in [0.15, 0.2) is 0 Å². The number of anilines is 1. The number of urea groups is 2. The number of phenolic OH excluding ortho intramolecular Hbond substituents is 1. The van der Waals surface area contributed by atoms with Gasteiger partial charge in [-0.15, -0.1) is 0 Å². The van der Waals surface area contributed by atoms with Crippen LogP contribution in [0.3, 0.4) is 0 Å². The number of hydrogen-bond donors (Lipinski definition) is 2. The summed E-state index contributed by atoms with van der Waals surface area (Å²) in [5.41, 5.74) is 1.20. The highest BCUT2D eigenvalue weighted by Crippen LogP contribution is 2.37. The third kappa shape index (κ3) is 4.30. The van der Waals surface area contributed by atoms with Crippen LogP contribution in [0.5, 0.6) is 5.75 Å². The van der Waals surface area contributed by atoms with Crippen LogP contribution in [-0.4, -0.2) is 69.2 Å². The highest BCUT2D eigenvalue weighted by atomic mass is 16.3. The molecule has 2 saturated heterocycles. The molecule has 2 fully saturated rings. The fraction of sp³-hybridized carbons (Fsp3) is 0.375. The standard InChI is InChI=1S/C24H29N5O4/c1-16(2)13-14-27-15-20-28(21(22(27)31)17-9-11-19(30)12-10-17)24(33)26(3)29(20)23(32)25-18-7-5-4-6-8-18/h4-12,16,20-21,30H,13-15H2,1-3H3,(H,25,32)/t20?,21-/m0/s1. The molecule has 2 aromatic rings. The van der Waals surface area contributed by atoms with E-state index in [-0.39, 0.29) is 18.2 Å². The predicted octanol–water partition coefficient (Wildman–Crippen LogP) is 3.46. The number of carbonyl (C=O) groups excluding carboxylic acids is 3. The number of fused-ring (bicyclic) bond motifs is 1. The Hall–Kier alpha value is -3.75. The highest BCUT2D eigenvalue weighted by molar-refractivity contribution is 5.96. The highest BCUT2D eigenvalue weighted by Gasteiger charge is 2.54. The third-order valence-corrected chi connectivity index (χ3v) is 6.05. The third-order valence-electron chi connectivity index (χ3n) is 6.05. The number of hydrazine groups is 1. The molecule has 0 saturated carbocycles. The molecule has 0 bridgehead atoms. The maximum atomic E-state index is 13.5. The van der Waals surface area contributed by atoms with Crippen LogP contribution in [0.25, 0.3) is 0 Å². The minimum atomic E-state index is -0.888. The van der Waals surface area contributed by atoms with Crippen molar-refractivity contribution in [2.45, 2.75) is 32.5 Å². The van der Waals surface area contributed by atoms with Gasteiger partial charge in [-0.2, -0.15) is 0 Å². The van der Waals surface area contributed by atoms with Crippen LogP contribution in [0.15, 0.2) is 54.6 Å². The molecule has 2 heterocycles. The Morgan fingerprint density at radius 1 is 1.09 bits per heavy atom. The van der Waals surface area contributed by atoms with Gasteiger partial charge in [-0.3, -0.25) is 9.69 Å². The number of carbonyl (C=O) groups is 3. The Bertz CT molecular complexity index is 1030. The monoisotopic (exact) mass is 451 g/mol. The number of benzene rings is 2. The number of piperazine rings is 1. The summed E-state index contributed by atoms with van der Waals surface area (Å²) in [5.74, 6) is 0.280. The van der Waals surface area contributed by atoms with Crippen molar-refractivity contribution in [1.29, 1.82) is 0 Å². The number of nitrogens with one attached hydrogen (secondary N) is 1. The van der Waals surface area contributed by atoms with Gasteiger partial charge < -0.3 is 15.3 Å². The lowest BCUT2D eigenvalue weighted by Gasteiger charge is -2.43. The summed E-state index contributed by atoms with van der Waals surface area (Å²) < 4.78 is 0. The van der Waals surface area contributed by atoms with E-state index in [0.29, 0.717) is 23.7 Å². The van der Waals surface area contributed by atoms with Crippen LogP contribution in [-0.2, 0) is 4.79 Å². The van der Waals surface area contributed by atoms with Gasteiger partial charge in [0.25, 0.3) is 0 Å². The number of amides is 5. The quantitative estimate of drug-likeness (QED) is 0.728. The molecule has 2 atom stereocenters. The molecule has 0 radical (unpaired) electrons. The fourth-order valence-corrected chi connectivity index (χ4v) is 4.28. The number of nitrogens with zero attached hydrogens (tertiary/aromatic N) is 4. The summed E-state index contributed by atoms with van der Waals surface area (Å²) in [6.45, 7) is 4.93. The number of aromatic hydroxyl groups is 1. The minimum absolute atomic E-state index is 0.0731. The van der Waals surface area contributed by atoms with Gasteiger partial charge in [0.1, 0.15) is 18.0 Å². The topological polar surface area (TPSA) is 96.4 Å². The van der Waals surface area contributed by atoms with E-state index < -0.39 is 24.3 Å². The van der Waals surface area contributed by atoms with Crippen molar-refractivity contribution in [3.63, 3.8) is 0 Å². The lowest BCUT2D eigenvalue weighted by Crippen LogP contribution is -2.60. The molecular weight excluding hydrogens is 422 g/mol. The SMILES string of the molecule is CC(C)CCN1CC2N(C(=O)N(C)N2C(=O)Nc2ccccc2)[C@@H](c2ccc(O)cc2)C1=O. The van der Waals surface area contributed by atoms with Crippen molar-refractivity contribution in [3.05, 3.63) is 60.2 Å². The van der Waals surface area contributed by atoms with Crippen LogP contribution >= 0.6 is 0 Å². The fourth-order valence-electron chi connectivity index (χ4n) is 4.28. The molecule has 2 aliphatic rings. The van der Waals surface area contributed by atoms with E-state index in [0.717, 1.165) is 6.42 Å². The van der Waals surface area contributed by atoms with Crippen molar-refractivity contribution < 1.29 is 19.5 Å². The van der Waals surface area contributed by atoms with Gasteiger partial charge in [0.05, 0.1) is 6.54 Å². The Morgan fingerprint density at radius 3 is 2.39 bits per heavy atom. The molecule has 2 aliphatic heterocycles. The Balaban J connectivity index is 1.69. The zero-order chi connectivity index (χ0) is 23.7. The molecule has 0 aliphatic carbocycles. The van der Waals surface area contributed by atoms with Crippen molar-refractivity contribution >= 4 is 23.7 Å². The number of phenols is 1. The van der Waals surface area contributed by atoms with E-state index in [9.17, 15) is 19.5 Å². The van der Waals surface area contributed by atoms with Crippen LogP contribution < -0.4 is 5.32 Å². The van der Waals surface area contributed by atoms with E-state index in [1.807, 2.05) is 18.2 Å². The predicted molar refractivity (Wildman–Crippen MR) is 123 cm³/mol. The summed E-state index contributed by atoms with van der Waals surface area (Å²) in [5, 5.41) is 15.2. The molecule has 4 rings (SSSR count). The average molecular weight is 452 g/mol. The normalized spacial score (nSPS) is 20.5. The van der Waals surface area contributed by atoms with E-state index in [4.69, 9.17) is 0 Å². The van der Waals surface area contributed by atoms with Gasteiger partial charge >= 0.3 is 12.1 Å². The molecule has 9 heteroatoms. The van der Waals surface area contributed by atoms with Crippen molar-refractivity contribution in [2.75, 3.05) is 25.5 Å². The average Bonchev–Trinajstić information content (AvgIpc) is 3.03. The van der Waals surface area contributed by atoms with Crippen LogP contribution in [0.1, 0.15) is 31.9 Å². The van der Waals surface area contributed by atoms with Crippen molar-refractivity contribution in [3.8, 4) is 5.75 Å². The molecule has 2 aromatic carbocycles. The number of para-hydroxylation sites is 1. The van der Waals surface area contributed by atoms with Gasteiger partial charge in [0, 0.05) is 19.3 Å². The van der Waals surface area contributed by atoms with Crippen molar-refractivity contribution in [2.24, 2.45) is 5.92 Å². The maximum absolute atomic E-state index is 13.5. The molecular formula is C24H29N5O4. The molecule has 33 heavy (non-hydrogen) atoms. The minimum Gasteiger partial charge on any atom is -0.508 e. The van der Waals surface area contributed by atoms with Crippen molar-refractivity contribution in [1.82, 2.24) is 19.8 Å². The molecule has 2 N–H and O–H groups in total. The summed E-state index contributed by atoms with van der Waals surface area (Å²) in [6.07, 6.45) is 0.149. The molecule has 9 nitrogen and oxygen atoms in total. The summed E-state index contributed by atoms with van der Waals surface area (Å²) in [6, 6.07) is 13.5. The largest absolute Gasteiger partial charge is 0.508 e. The smallest absolute Gasteiger partial charge is 0.342 e. The second-order valence-corrected chi connectivity index (χ2v) is 8.80. The van der Waals surface area contributed by atoms with E-state index in [2.05, 4.69) is 19.2 Å². The Labute approximate surface area is 193 Å². The van der Waals surface area contributed by atoms with E-state index in [1.165, 1.54) is 34.1 Å². The van der Waals surface area contributed by atoms with E-state index >= 15 is 0 Å². The second kappa shape index (κ2) is 9.01. The van der Waals surface area contributed by atoms with Gasteiger partial charge in [0.2, 0.25) is 5.91 Å². The van der Waals surface area contributed by atoms with Crippen LogP contribution in [0.2, 0.25) is 0 Å². The summed E-state index contributed by atoms with van der Waals surface area (Å²) in [7, 11) is 1.53. The molecule has 5 amide bonds. The lowest BCUT2D eigenvalue weighted by atomic mass is 9.99. The summed E-state index contributed by atoms with van der Waals surface area (Å²) >= 11 is 0. The van der Waals surface area contributed by atoms with E-state index in [1.54, 1.807) is 29.2 Å². The van der Waals surface area contributed by atoms with Gasteiger partial charge in [-0.25, -0.2) is 19.6 Å². The molecule has 0 aromatic heterocycles. The van der Waals surface area contributed by atoms with Gasteiger partial charge in [-0.1, -0.05) is 44.2 Å². The summed E-state index contributed by atoms with van der Waals surface area (Å²) in [4.78, 5) is 43.2. The first-order valence-corrected chi connectivity index (χ1v) is 11.1. The second-order valence-electron chi connectivity index (χ2n) is 8.80. The Kier molecular flexibility index (Phi) is 6.13. The zero-order valence-corrected chi connectivity index (χ0v) is 19.0. The first-order valence-electron chi connectivity index (χ1n) is 11.1. The molecule has 174 valence electrons. The van der Waals surface area contributed by atoms with Gasteiger partial charge in [-0.05, 0) is 42.2 Å². The van der Waals surface area contributed by atoms with Crippen LogP contribution in [0, 0.1) is 5.92 Å². The number of rotatable bonds is 5. The lowest BCUT2D eigenvalue weighted by molar-refractivity contribution is -0.145.